The topological polar surface area (TPSA) is 20.3 Å². The number of carbonyl (C=O) groups excluding carboxylic acids is 1. The second-order valence-electron chi connectivity index (χ2n) is 1.93. The van der Waals surface area contributed by atoms with Crippen LogP contribution in [0.3, 0.4) is 0 Å². The van der Waals surface area contributed by atoms with Gasteiger partial charge in [0.05, 0.1) is 10.8 Å². The number of hydrogen-bond donors (Lipinski definition) is 0. The summed E-state index contributed by atoms with van der Waals surface area (Å²) >= 11 is 1.60. The van der Waals surface area contributed by atoms with Gasteiger partial charge in [-0.05, 0) is 6.92 Å². The van der Waals surface area contributed by atoms with Crippen molar-refractivity contribution >= 4 is 17.7 Å². The molecule has 0 aromatic carbocycles. The van der Waals surface area contributed by atoms with Gasteiger partial charge in [0.25, 0.3) is 5.91 Å². The molecule has 2 nitrogen and oxygen atoms in total. The Bertz CT molecular complexity index is 164. The fraction of sp³-hybridized carbons (Fsp3) is 0.500. The Morgan fingerprint density at radius 2 is 2.44 bits per heavy atom. The van der Waals surface area contributed by atoms with Gasteiger partial charge in [-0.25, -0.2) is 0 Å². The normalized spacial score (nSPS) is 24.0. The molecule has 50 valence electrons. The lowest BCUT2D eigenvalue weighted by atomic mass is 10.5. The number of carbonyl (C=O) groups is 1. The zero-order valence-electron chi connectivity index (χ0n) is 5.55. The minimum atomic E-state index is 0.155. The van der Waals surface area contributed by atoms with Crippen LogP contribution in [-0.2, 0) is 4.79 Å². The maximum Gasteiger partial charge on any atom is 0.260 e. The largest absolute Gasteiger partial charge is 0.332 e. The molecule has 1 heterocycles. The third-order valence-electron chi connectivity index (χ3n) is 1.23. The molecule has 1 fully saturated rings. The van der Waals surface area contributed by atoms with Gasteiger partial charge in [-0.1, -0.05) is 17.8 Å². The van der Waals surface area contributed by atoms with Gasteiger partial charge in [0.2, 0.25) is 0 Å². The summed E-state index contributed by atoms with van der Waals surface area (Å²) in [6, 6.07) is 0. The molecule has 1 rings (SSSR count). The first-order valence-electron chi connectivity index (χ1n) is 2.80. The third kappa shape index (κ3) is 1.10. The summed E-state index contributed by atoms with van der Waals surface area (Å²) in [7, 11) is 1.81. The number of likely N-dealkylation sites (N-methyl/N-ethyl adjacent to an activating group) is 1. The molecule has 0 N–H and O–H groups in total. The van der Waals surface area contributed by atoms with Gasteiger partial charge in [-0.15, -0.1) is 0 Å². The molecule has 9 heavy (non-hydrogen) atoms. The minimum Gasteiger partial charge on any atom is -0.332 e. The molecule has 0 saturated carbocycles. The molecule has 1 amide bonds. The van der Waals surface area contributed by atoms with E-state index < -0.39 is 0 Å². The molecule has 1 aliphatic rings. The summed E-state index contributed by atoms with van der Waals surface area (Å²) in [5.41, 5.74) is 0. The van der Waals surface area contributed by atoms with Crippen molar-refractivity contribution in [2.75, 3.05) is 12.9 Å². The predicted octanol–water partition coefficient (Wildman–Crippen LogP) is 1.05. The third-order valence-corrected chi connectivity index (χ3v) is 2.47. The van der Waals surface area contributed by atoms with Gasteiger partial charge >= 0.3 is 0 Å². The molecule has 3 heteroatoms. The van der Waals surface area contributed by atoms with E-state index in [1.54, 1.807) is 16.7 Å². The Kier molecular flexibility index (Phi) is 1.81. The van der Waals surface area contributed by atoms with E-state index in [-0.39, 0.29) is 5.91 Å². The lowest BCUT2D eigenvalue weighted by Gasteiger charge is -2.02. The minimum absolute atomic E-state index is 0.155. The number of amides is 1. The first-order valence-corrected chi connectivity index (χ1v) is 3.79. The molecule has 0 radical (unpaired) electrons. The number of nitrogens with zero attached hydrogens (tertiary/aromatic N) is 1. The second-order valence-corrected chi connectivity index (χ2v) is 2.92. The van der Waals surface area contributed by atoms with E-state index in [0.29, 0.717) is 0 Å². The summed E-state index contributed by atoms with van der Waals surface area (Å²) in [4.78, 5) is 13.6. The second kappa shape index (κ2) is 2.43. The van der Waals surface area contributed by atoms with E-state index in [4.69, 9.17) is 0 Å². The summed E-state index contributed by atoms with van der Waals surface area (Å²) in [5.74, 6) is 0.959. The van der Waals surface area contributed by atoms with Crippen LogP contribution in [0.15, 0.2) is 11.0 Å². The van der Waals surface area contributed by atoms with Crippen molar-refractivity contribution in [2.45, 2.75) is 6.92 Å². The predicted molar refractivity (Wildman–Crippen MR) is 39.0 cm³/mol. The molecule has 0 atom stereocenters. The fourth-order valence-electron chi connectivity index (χ4n) is 0.682. The monoisotopic (exact) mass is 143 g/mol. The molecular formula is C6H9NOS. The van der Waals surface area contributed by atoms with E-state index >= 15 is 0 Å². The Labute approximate surface area is 58.9 Å². The maximum absolute atomic E-state index is 11.0. The van der Waals surface area contributed by atoms with Gasteiger partial charge < -0.3 is 4.90 Å². The molecule has 1 saturated heterocycles. The standard InChI is InChI=1S/C6H9NOS/c1-3-5-6(8)7(2)4-9-5/h3H,4H2,1-2H3/b5-3-. The van der Waals surface area contributed by atoms with Crippen LogP contribution < -0.4 is 0 Å². The molecular weight excluding hydrogens is 134 g/mol. The number of thioether (sulfide) groups is 1. The molecule has 0 aromatic rings. The lowest BCUT2D eigenvalue weighted by Crippen LogP contribution is -2.18. The zero-order valence-corrected chi connectivity index (χ0v) is 6.36. The van der Waals surface area contributed by atoms with Crippen molar-refractivity contribution in [3.05, 3.63) is 11.0 Å². The molecule has 1 aliphatic heterocycles. The van der Waals surface area contributed by atoms with Gasteiger partial charge in [-0.2, -0.15) is 0 Å². The highest BCUT2D eigenvalue weighted by Gasteiger charge is 2.21. The van der Waals surface area contributed by atoms with Crippen LogP contribution >= 0.6 is 11.8 Å². The van der Waals surface area contributed by atoms with E-state index in [1.165, 1.54) is 0 Å². The van der Waals surface area contributed by atoms with Crippen LogP contribution in [0.2, 0.25) is 0 Å². The SMILES string of the molecule is C/C=C1\SCN(C)C1=O. The maximum atomic E-state index is 11.0. The molecule has 0 spiro atoms. The highest BCUT2D eigenvalue weighted by Crippen LogP contribution is 2.25. The summed E-state index contributed by atoms with van der Waals surface area (Å²) in [6.45, 7) is 1.89. The summed E-state index contributed by atoms with van der Waals surface area (Å²) < 4.78 is 0. The summed E-state index contributed by atoms with van der Waals surface area (Å²) in [6.07, 6.45) is 1.86. The summed E-state index contributed by atoms with van der Waals surface area (Å²) in [5, 5.41) is 0. The molecule has 0 aromatic heterocycles. The average molecular weight is 143 g/mol. The Morgan fingerprint density at radius 1 is 1.78 bits per heavy atom. The lowest BCUT2D eigenvalue weighted by molar-refractivity contribution is -0.123. The number of rotatable bonds is 0. The van der Waals surface area contributed by atoms with Gasteiger partial charge in [0.15, 0.2) is 0 Å². The smallest absolute Gasteiger partial charge is 0.260 e. The molecule has 0 unspecified atom stereocenters. The van der Waals surface area contributed by atoms with Crippen molar-refractivity contribution < 1.29 is 4.79 Å². The van der Waals surface area contributed by atoms with E-state index in [1.807, 2.05) is 20.0 Å². The van der Waals surface area contributed by atoms with Gasteiger partial charge in [-0.3, -0.25) is 4.79 Å². The Balaban J connectivity index is 2.74. The zero-order chi connectivity index (χ0) is 6.85. The van der Waals surface area contributed by atoms with Crippen LogP contribution in [0.25, 0.3) is 0 Å². The van der Waals surface area contributed by atoms with Crippen molar-refractivity contribution in [3.8, 4) is 0 Å². The highest BCUT2D eigenvalue weighted by molar-refractivity contribution is 8.04. The number of allylic oxidation sites excluding steroid dienone is 1. The molecule has 0 aliphatic carbocycles. The Morgan fingerprint density at radius 3 is 2.67 bits per heavy atom. The van der Waals surface area contributed by atoms with E-state index in [2.05, 4.69) is 0 Å². The van der Waals surface area contributed by atoms with Crippen LogP contribution in [-0.4, -0.2) is 23.7 Å². The first-order chi connectivity index (χ1) is 4.25. The van der Waals surface area contributed by atoms with E-state index in [0.717, 1.165) is 10.8 Å². The van der Waals surface area contributed by atoms with Gasteiger partial charge in [0.1, 0.15) is 0 Å². The van der Waals surface area contributed by atoms with Crippen LogP contribution in [0.5, 0.6) is 0 Å². The van der Waals surface area contributed by atoms with Crippen molar-refractivity contribution in [1.29, 1.82) is 0 Å². The average Bonchev–Trinajstić information content (AvgIpc) is 2.15. The van der Waals surface area contributed by atoms with Gasteiger partial charge in [0, 0.05) is 7.05 Å². The van der Waals surface area contributed by atoms with Crippen LogP contribution in [0.1, 0.15) is 6.92 Å². The Hall–Kier alpha value is -0.440. The quantitative estimate of drug-likeness (QED) is 0.472. The van der Waals surface area contributed by atoms with Crippen LogP contribution in [0.4, 0.5) is 0 Å². The van der Waals surface area contributed by atoms with Crippen molar-refractivity contribution in [2.24, 2.45) is 0 Å². The first kappa shape index (κ1) is 6.68. The van der Waals surface area contributed by atoms with Crippen molar-refractivity contribution in [3.63, 3.8) is 0 Å². The van der Waals surface area contributed by atoms with Crippen LogP contribution in [0, 0.1) is 0 Å². The molecule has 0 bridgehead atoms. The van der Waals surface area contributed by atoms with E-state index in [9.17, 15) is 4.79 Å². The number of hydrogen-bond acceptors (Lipinski definition) is 2. The van der Waals surface area contributed by atoms with Crippen molar-refractivity contribution in [1.82, 2.24) is 4.90 Å². The highest BCUT2D eigenvalue weighted by atomic mass is 32.2. The fourth-order valence-corrected chi connectivity index (χ4v) is 1.58.